The van der Waals surface area contributed by atoms with E-state index in [1.807, 2.05) is 6.92 Å². The zero-order valence-corrected chi connectivity index (χ0v) is 16.6. The third kappa shape index (κ3) is 5.19. The van der Waals surface area contributed by atoms with Crippen molar-refractivity contribution in [1.29, 1.82) is 0 Å². The summed E-state index contributed by atoms with van der Waals surface area (Å²) in [6.07, 6.45) is 0.891. The van der Waals surface area contributed by atoms with Crippen LogP contribution in [0.25, 0.3) is 0 Å². The lowest BCUT2D eigenvalue weighted by Crippen LogP contribution is -2.47. The molecule has 1 amide bonds. The number of halogens is 2. The molecule has 2 rings (SSSR count). The number of sulfonamides is 1. The minimum Gasteiger partial charge on any atom is -0.494 e. The largest absolute Gasteiger partial charge is 0.494 e. The lowest BCUT2D eigenvalue weighted by Gasteiger charge is -2.28. The van der Waals surface area contributed by atoms with Crippen molar-refractivity contribution in [2.24, 2.45) is 0 Å². The average molecular weight is 412 g/mol. The molecule has 0 aliphatic carbocycles. The van der Waals surface area contributed by atoms with Crippen molar-refractivity contribution in [2.75, 3.05) is 17.2 Å². The standard InChI is InChI=1S/C19H22F2N2O4S/c1-4-27-18-8-6-5-7-14(18)12-22-19(24)13(2)23(28(3,25)26)15-9-10-16(20)17(21)11-15/h5-11,13H,4,12H2,1-3H3,(H,22,24)/t13-/m1/s1. The molecule has 0 radical (unpaired) electrons. The van der Waals surface area contributed by atoms with Gasteiger partial charge in [0.1, 0.15) is 11.8 Å². The predicted molar refractivity (Wildman–Crippen MR) is 103 cm³/mol. The summed E-state index contributed by atoms with van der Waals surface area (Å²) in [7, 11) is -3.93. The van der Waals surface area contributed by atoms with Gasteiger partial charge in [-0.3, -0.25) is 9.10 Å². The van der Waals surface area contributed by atoms with Crippen LogP contribution >= 0.6 is 0 Å². The number of nitrogens with zero attached hydrogens (tertiary/aromatic N) is 1. The Hall–Kier alpha value is -2.68. The smallest absolute Gasteiger partial charge is 0.243 e. The maximum Gasteiger partial charge on any atom is 0.243 e. The second-order valence-electron chi connectivity index (χ2n) is 6.09. The van der Waals surface area contributed by atoms with Crippen LogP contribution in [0.4, 0.5) is 14.5 Å². The van der Waals surface area contributed by atoms with Crippen LogP contribution in [-0.2, 0) is 21.4 Å². The molecule has 0 spiro atoms. The summed E-state index contributed by atoms with van der Waals surface area (Å²) in [6.45, 7) is 3.78. The van der Waals surface area contributed by atoms with Crippen molar-refractivity contribution in [2.45, 2.75) is 26.4 Å². The number of nitrogens with one attached hydrogen (secondary N) is 1. The van der Waals surface area contributed by atoms with Crippen molar-refractivity contribution in [3.8, 4) is 5.75 Å². The number of para-hydroxylation sites is 1. The number of ether oxygens (including phenoxy) is 1. The minimum atomic E-state index is -3.93. The summed E-state index contributed by atoms with van der Waals surface area (Å²) in [5.74, 6) is -2.30. The summed E-state index contributed by atoms with van der Waals surface area (Å²) in [4.78, 5) is 12.6. The molecule has 0 saturated heterocycles. The molecule has 0 heterocycles. The molecule has 0 aliphatic rings. The highest BCUT2D eigenvalue weighted by atomic mass is 32.2. The lowest BCUT2D eigenvalue weighted by molar-refractivity contribution is -0.122. The monoisotopic (exact) mass is 412 g/mol. The van der Waals surface area contributed by atoms with Crippen molar-refractivity contribution >= 4 is 21.6 Å². The molecule has 0 saturated carbocycles. The van der Waals surface area contributed by atoms with Gasteiger partial charge in [0.15, 0.2) is 11.6 Å². The summed E-state index contributed by atoms with van der Waals surface area (Å²) in [5, 5.41) is 2.65. The van der Waals surface area contributed by atoms with Crippen LogP contribution in [0.1, 0.15) is 19.4 Å². The van der Waals surface area contributed by atoms with Gasteiger partial charge in [-0.15, -0.1) is 0 Å². The average Bonchev–Trinajstić information content (AvgIpc) is 2.63. The summed E-state index contributed by atoms with van der Waals surface area (Å²) < 4.78 is 57.4. The number of carbonyl (C=O) groups excluding carboxylic acids is 1. The van der Waals surface area contributed by atoms with Gasteiger partial charge in [-0.25, -0.2) is 17.2 Å². The highest BCUT2D eigenvalue weighted by molar-refractivity contribution is 7.92. The lowest BCUT2D eigenvalue weighted by atomic mass is 10.2. The molecular weight excluding hydrogens is 390 g/mol. The maximum atomic E-state index is 13.6. The molecule has 0 fully saturated rings. The predicted octanol–water partition coefficient (Wildman–Crippen LogP) is 2.83. The van der Waals surface area contributed by atoms with E-state index in [0.717, 1.165) is 34.3 Å². The van der Waals surface area contributed by atoms with Gasteiger partial charge in [-0.1, -0.05) is 18.2 Å². The number of rotatable bonds is 8. The van der Waals surface area contributed by atoms with E-state index >= 15 is 0 Å². The zero-order chi connectivity index (χ0) is 20.9. The fraction of sp³-hybridized carbons (Fsp3) is 0.316. The molecule has 0 unspecified atom stereocenters. The third-order valence-corrected chi connectivity index (χ3v) is 5.21. The first-order chi connectivity index (χ1) is 13.1. The molecule has 152 valence electrons. The molecule has 2 aromatic rings. The highest BCUT2D eigenvalue weighted by Crippen LogP contribution is 2.23. The number of amides is 1. The van der Waals surface area contributed by atoms with E-state index < -0.39 is 33.6 Å². The number of hydrogen-bond donors (Lipinski definition) is 1. The highest BCUT2D eigenvalue weighted by Gasteiger charge is 2.29. The third-order valence-electron chi connectivity index (χ3n) is 3.97. The molecule has 0 bridgehead atoms. The van der Waals surface area contributed by atoms with Gasteiger partial charge in [0.25, 0.3) is 0 Å². The van der Waals surface area contributed by atoms with E-state index in [4.69, 9.17) is 4.74 Å². The maximum absolute atomic E-state index is 13.6. The van der Waals surface area contributed by atoms with Crippen molar-refractivity contribution in [3.63, 3.8) is 0 Å². The number of benzene rings is 2. The molecule has 6 nitrogen and oxygen atoms in total. The Morgan fingerprint density at radius 1 is 1.18 bits per heavy atom. The van der Waals surface area contributed by atoms with Gasteiger partial charge in [0, 0.05) is 18.2 Å². The molecule has 2 aromatic carbocycles. The second-order valence-corrected chi connectivity index (χ2v) is 7.95. The quantitative estimate of drug-likeness (QED) is 0.724. The van der Waals surface area contributed by atoms with E-state index in [0.29, 0.717) is 12.4 Å². The van der Waals surface area contributed by atoms with E-state index in [-0.39, 0.29) is 12.2 Å². The molecule has 28 heavy (non-hydrogen) atoms. The Labute approximate surface area is 163 Å². The van der Waals surface area contributed by atoms with Crippen LogP contribution in [-0.4, -0.2) is 33.2 Å². The van der Waals surface area contributed by atoms with Crippen LogP contribution in [0.3, 0.4) is 0 Å². The Morgan fingerprint density at radius 2 is 1.86 bits per heavy atom. The van der Waals surface area contributed by atoms with Gasteiger partial charge in [0.2, 0.25) is 15.9 Å². The fourth-order valence-corrected chi connectivity index (χ4v) is 3.87. The normalized spacial score (nSPS) is 12.3. The SMILES string of the molecule is CCOc1ccccc1CNC(=O)[C@@H](C)N(c1ccc(F)c(F)c1)S(C)(=O)=O. The first kappa shape index (κ1) is 21.6. The Kier molecular flexibility index (Phi) is 6.95. The van der Waals surface area contributed by atoms with Crippen LogP contribution in [0, 0.1) is 11.6 Å². The minimum absolute atomic E-state index is 0.120. The van der Waals surface area contributed by atoms with E-state index in [1.165, 1.54) is 6.92 Å². The van der Waals surface area contributed by atoms with Crippen LogP contribution < -0.4 is 14.4 Å². The van der Waals surface area contributed by atoms with E-state index in [9.17, 15) is 22.0 Å². The molecule has 1 atom stereocenters. The number of hydrogen-bond acceptors (Lipinski definition) is 4. The summed E-state index contributed by atoms with van der Waals surface area (Å²) in [5.41, 5.74) is 0.586. The zero-order valence-electron chi connectivity index (χ0n) is 15.8. The Balaban J connectivity index is 2.22. The van der Waals surface area contributed by atoms with E-state index in [1.54, 1.807) is 24.3 Å². The van der Waals surface area contributed by atoms with Crippen molar-refractivity contribution < 1.29 is 26.7 Å². The Bertz CT molecular complexity index is 951. The number of anilines is 1. The molecule has 1 N–H and O–H groups in total. The molecule has 0 aliphatic heterocycles. The van der Waals surface area contributed by atoms with Crippen LogP contribution in [0.5, 0.6) is 5.75 Å². The topological polar surface area (TPSA) is 75.7 Å². The molecule has 9 heteroatoms. The van der Waals surface area contributed by atoms with Gasteiger partial charge in [0.05, 0.1) is 18.6 Å². The Morgan fingerprint density at radius 3 is 2.46 bits per heavy atom. The summed E-state index contributed by atoms with van der Waals surface area (Å²) in [6, 6.07) is 8.60. The molecule has 0 aromatic heterocycles. The van der Waals surface area contributed by atoms with Gasteiger partial charge in [-0.05, 0) is 32.0 Å². The van der Waals surface area contributed by atoms with Crippen LogP contribution in [0.2, 0.25) is 0 Å². The van der Waals surface area contributed by atoms with Crippen molar-refractivity contribution in [3.05, 3.63) is 59.7 Å². The van der Waals surface area contributed by atoms with Crippen LogP contribution in [0.15, 0.2) is 42.5 Å². The number of carbonyl (C=O) groups is 1. The van der Waals surface area contributed by atoms with E-state index in [2.05, 4.69) is 5.32 Å². The fourth-order valence-electron chi connectivity index (χ4n) is 2.71. The first-order valence-corrected chi connectivity index (χ1v) is 10.4. The van der Waals surface area contributed by atoms with Crippen molar-refractivity contribution in [1.82, 2.24) is 5.32 Å². The molecular formula is C19H22F2N2O4S. The second kappa shape index (κ2) is 9.01. The van der Waals surface area contributed by atoms with Gasteiger partial charge < -0.3 is 10.1 Å². The first-order valence-electron chi connectivity index (χ1n) is 8.58. The van der Waals surface area contributed by atoms with Gasteiger partial charge >= 0.3 is 0 Å². The summed E-state index contributed by atoms with van der Waals surface area (Å²) >= 11 is 0. The van der Waals surface area contributed by atoms with Gasteiger partial charge in [-0.2, -0.15) is 0 Å².